The maximum absolute atomic E-state index is 10.7. The molecule has 0 amide bonds. The number of carboxylic acids is 1. The van der Waals surface area contributed by atoms with Gasteiger partial charge in [0.05, 0.1) is 17.1 Å². The lowest BCUT2D eigenvalue weighted by molar-refractivity contribution is -0.137. The molecule has 0 aliphatic carbocycles. The molecule has 1 N–H and O–H groups in total. The Morgan fingerprint density at radius 3 is 3.00 bits per heavy atom. The van der Waals surface area contributed by atoms with E-state index >= 15 is 0 Å². The highest BCUT2D eigenvalue weighted by Gasteiger charge is 2.29. The van der Waals surface area contributed by atoms with Crippen LogP contribution in [0.15, 0.2) is 24.3 Å². The van der Waals surface area contributed by atoms with Crippen molar-refractivity contribution in [3.63, 3.8) is 0 Å². The summed E-state index contributed by atoms with van der Waals surface area (Å²) in [5.74, 6) is 0.424. The van der Waals surface area contributed by atoms with Gasteiger partial charge >= 0.3 is 5.97 Å². The highest BCUT2D eigenvalue weighted by Crippen LogP contribution is 2.33. The number of para-hydroxylation sites is 2. The fourth-order valence-corrected chi connectivity index (χ4v) is 3.50. The van der Waals surface area contributed by atoms with Crippen LogP contribution in [0.2, 0.25) is 0 Å². The van der Waals surface area contributed by atoms with Crippen LogP contribution in [0.1, 0.15) is 44.5 Å². The third kappa shape index (κ3) is 2.86. The van der Waals surface area contributed by atoms with Gasteiger partial charge in [0, 0.05) is 13.0 Å². The summed E-state index contributed by atoms with van der Waals surface area (Å²) in [6.45, 7) is 4.94. The van der Waals surface area contributed by atoms with E-state index in [1.54, 1.807) is 0 Å². The number of carbonyl (C=O) groups is 1. The van der Waals surface area contributed by atoms with E-state index in [9.17, 15) is 4.79 Å². The number of imidazole rings is 1. The Balaban J connectivity index is 1.84. The first-order valence-electron chi connectivity index (χ1n) is 8.11. The summed E-state index contributed by atoms with van der Waals surface area (Å²) in [4.78, 5) is 18.0. The van der Waals surface area contributed by atoms with E-state index in [4.69, 9.17) is 10.1 Å². The van der Waals surface area contributed by atoms with E-state index in [2.05, 4.69) is 34.6 Å². The van der Waals surface area contributed by atoms with Crippen LogP contribution in [0, 0.1) is 0 Å². The minimum absolute atomic E-state index is 0.243. The van der Waals surface area contributed by atoms with Crippen LogP contribution in [0.25, 0.3) is 11.0 Å². The highest BCUT2D eigenvalue weighted by molar-refractivity contribution is 5.76. The van der Waals surface area contributed by atoms with Crippen LogP contribution < -0.4 is 0 Å². The number of hydrogen-bond acceptors (Lipinski definition) is 3. The normalized spacial score (nSPS) is 19.0. The molecule has 2 aromatic rings. The first kappa shape index (κ1) is 15.0. The summed E-state index contributed by atoms with van der Waals surface area (Å²) in [6.07, 6.45) is 3.21. The molecule has 1 saturated heterocycles. The van der Waals surface area contributed by atoms with Crippen molar-refractivity contribution in [1.29, 1.82) is 0 Å². The van der Waals surface area contributed by atoms with Gasteiger partial charge in [-0.1, -0.05) is 12.1 Å². The van der Waals surface area contributed by atoms with Gasteiger partial charge in [0.15, 0.2) is 0 Å². The van der Waals surface area contributed by atoms with Crippen molar-refractivity contribution in [2.24, 2.45) is 0 Å². The number of carboxylic acid groups (broad SMARTS) is 1. The van der Waals surface area contributed by atoms with Crippen molar-refractivity contribution in [1.82, 2.24) is 14.5 Å². The number of aliphatic carboxylic acids is 1. The first-order chi connectivity index (χ1) is 10.7. The first-order valence-corrected chi connectivity index (χ1v) is 8.11. The van der Waals surface area contributed by atoms with Crippen molar-refractivity contribution in [2.45, 2.75) is 45.2 Å². The molecular weight excluding hydrogens is 278 g/mol. The molecule has 1 atom stereocenters. The SMILES string of the molecule is CCn1c([C@@H]2CCCN2CCCC(=O)O)nc2ccccc21. The smallest absolute Gasteiger partial charge is 0.303 e. The van der Waals surface area contributed by atoms with Crippen LogP contribution in [-0.2, 0) is 11.3 Å². The molecule has 5 nitrogen and oxygen atoms in total. The monoisotopic (exact) mass is 301 g/mol. The maximum atomic E-state index is 10.7. The van der Waals surface area contributed by atoms with Gasteiger partial charge in [-0.2, -0.15) is 0 Å². The molecule has 3 rings (SSSR count). The van der Waals surface area contributed by atoms with Crippen molar-refractivity contribution in [2.75, 3.05) is 13.1 Å². The van der Waals surface area contributed by atoms with Crippen LogP contribution in [0.5, 0.6) is 0 Å². The Labute approximate surface area is 130 Å². The summed E-state index contributed by atoms with van der Waals surface area (Å²) in [5.41, 5.74) is 2.24. The average molecular weight is 301 g/mol. The zero-order valence-corrected chi connectivity index (χ0v) is 13.0. The summed E-state index contributed by atoms with van der Waals surface area (Å²) < 4.78 is 2.30. The van der Waals surface area contributed by atoms with Crippen molar-refractivity contribution < 1.29 is 9.90 Å². The zero-order chi connectivity index (χ0) is 15.5. The molecule has 1 aliphatic rings. The molecule has 1 fully saturated rings. The molecule has 0 saturated carbocycles. The van der Waals surface area contributed by atoms with Crippen molar-refractivity contribution >= 4 is 17.0 Å². The Kier molecular flexibility index (Phi) is 4.43. The maximum Gasteiger partial charge on any atom is 0.303 e. The standard InChI is InChI=1S/C17H23N3O2/c1-2-20-14-8-4-3-7-13(14)18-17(20)15-9-5-11-19(15)12-6-10-16(21)22/h3-4,7-8,15H,2,5-6,9-12H2,1H3,(H,21,22)/t15-/m0/s1. The minimum Gasteiger partial charge on any atom is -0.481 e. The van der Waals surface area contributed by atoms with Gasteiger partial charge in [0.1, 0.15) is 5.82 Å². The topological polar surface area (TPSA) is 58.4 Å². The number of rotatable bonds is 6. The number of hydrogen-bond donors (Lipinski definition) is 1. The molecular formula is C17H23N3O2. The summed E-state index contributed by atoms with van der Waals surface area (Å²) >= 11 is 0. The third-order valence-electron chi connectivity index (χ3n) is 4.50. The second-order valence-corrected chi connectivity index (χ2v) is 5.89. The lowest BCUT2D eigenvalue weighted by Gasteiger charge is -2.24. The van der Waals surface area contributed by atoms with Crippen molar-refractivity contribution in [3.8, 4) is 0 Å². The molecule has 0 unspecified atom stereocenters. The largest absolute Gasteiger partial charge is 0.481 e. The minimum atomic E-state index is -0.712. The predicted octanol–water partition coefficient (Wildman–Crippen LogP) is 3.06. The number of aryl methyl sites for hydroxylation is 1. The molecule has 0 radical (unpaired) electrons. The van der Waals surface area contributed by atoms with E-state index in [-0.39, 0.29) is 6.42 Å². The number of fused-ring (bicyclic) bond motifs is 1. The zero-order valence-electron chi connectivity index (χ0n) is 13.0. The van der Waals surface area contributed by atoms with Crippen LogP contribution >= 0.6 is 0 Å². The highest BCUT2D eigenvalue weighted by atomic mass is 16.4. The molecule has 5 heteroatoms. The Hall–Kier alpha value is -1.88. The van der Waals surface area contributed by atoms with E-state index in [1.165, 1.54) is 5.52 Å². The molecule has 118 valence electrons. The fraction of sp³-hybridized carbons (Fsp3) is 0.529. The van der Waals surface area contributed by atoms with Crippen LogP contribution in [-0.4, -0.2) is 38.6 Å². The molecule has 2 heterocycles. The molecule has 0 spiro atoms. The van der Waals surface area contributed by atoms with Gasteiger partial charge in [-0.15, -0.1) is 0 Å². The van der Waals surface area contributed by atoms with E-state index < -0.39 is 5.97 Å². The van der Waals surface area contributed by atoms with E-state index in [0.29, 0.717) is 12.5 Å². The van der Waals surface area contributed by atoms with Gasteiger partial charge in [-0.3, -0.25) is 9.69 Å². The van der Waals surface area contributed by atoms with Gasteiger partial charge in [0.25, 0.3) is 0 Å². The Morgan fingerprint density at radius 2 is 2.23 bits per heavy atom. The fourth-order valence-electron chi connectivity index (χ4n) is 3.50. The summed E-state index contributed by atoms with van der Waals surface area (Å²) in [5, 5.41) is 8.81. The van der Waals surface area contributed by atoms with Gasteiger partial charge in [-0.05, 0) is 51.4 Å². The number of aromatic nitrogens is 2. The molecule has 1 aliphatic heterocycles. The number of nitrogens with zero attached hydrogens (tertiary/aromatic N) is 3. The Bertz CT molecular complexity index is 665. The lowest BCUT2D eigenvalue weighted by atomic mass is 10.2. The summed E-state index contributed by atoms with van der Waals surface area (Å²) in [6, 6.07) is 8.59. The average Bonchev–Trinajstić information content (AvgIpc) is 3.09. The van der Waals surface area contributed by atoms with Crippen molar-refractivity contribution in [3.05, 3.63) is 30.1 Å². The Morgan fingerprint density at radius 1 is 1.41 bits per heavy atom. The van der Waals surface area contributed by atoms with Crippen LogP contribution in [0.3, 0.4) is 0 Å². The lowest BCUT2D eigenvalue weighted by Crippen LogP contribution is -2.27. The van der Waals surface area contributed by atoms with Gasteiger partial charge < -0.3 is 9.67 Å². The van der Waals surface area contributed by atoms with Gasteiger partial charge in [0.2, 0.25) is 0 Å². The van der Waals surface area contributed by atoms with Crippen LogP contribution in [0.4, 0.5) is 0 Å². The molecule has 1 aromatic carbocycles. The van der Waals surface area contributed by atoms with E-state index in [0.717, 1.165) is 43.8 Å². The quantitative estimate of drug-likeness (QED) is 0.891. The summed E-state index contributed by atoms with van der Waals surface area (Å²) in [7, 11) is 0. The molecule has 1 aromatic heterocycles. The number of benzene rings is 1. The second kappa shape index (κ2) is 6.48. The third-order valence-corrected chi connectivity index (χ3v) is 4.50. The molecule has 22 heavy (non-hydrogen) atoms. The predicted molar refractivity (Wildman–Crippen MR) is 85.8 cm³/mol. The molecule has 0 bridgehead atoms. The van der Waals surface area contributed by atoms with Gasteiger partial charge in [-0.25, -0.2) is 4.98 Å². The van der Waals surface area contributed by atoms with E-state index in [1.807, 2.05) is 6.07 Å². The second-order valence-electron chi connectivity index (χ2n) is 5.89. The number of likely N-dealkylation sites (tertiary alicyclic amines) is 1.